The Kier molecular flexibility index (Phi) is 4.04. The summed E-state index contributed by atoms with van der Waals surface area (Å²) in [6.45, 7) is 5.97. The van der Waals surface area contributed by atoms with E-state index in [0.717, 1.165) is 18.7 Å². The zero-order chi connectivity index (χ0) is 13.2. The molecule has 1 aliphatic heterocycles. The van der Waals surface area contributed by atoms with E-state index < -0.39 is 10.0 Å². The van der Waals surface area contributed by atoms with Crippen molar-refractivity contribution in [1.29, 1.82) is 0 Å². The quantitative estimate of drug-likeness (QED) is 0.848. The Balaban J connectivity index is 1.98. The van der Waals surface area contributed by atoms with E-state index in [1.807, 2.05) is 19.9 Å². The van der Waals surface area contributed by atoms with Crippen molar-refractivity contribution in [3.05, 3.63) is 34.9 Å². The van der Waals surface area contributed by atoms with Crippen molar-refractivity contribution in [3.63, 3.8) is 0 Å². The van der Waals surface area contributed by atoms with Crippen molar-refractivity contribution in [1.82, 2.24) is 10.0 Å². The first-order valence-corrected chi connectivity index (χ1v) is 7.90. The number of rotatable bonds is 5. The summed E-state index contributed by atoms with van der Waals surface area (Å²) in [5.74, 6) is 0.325. The molecular weight excluding hydrogens is 248 g/mol. The molecule has 0 spiro atoms. The Hall–Kier alpha value is -0.910. The van der Waals surface area contributed by atoms with Crippen molar-refractivity contribution < 1.29 is 8.42 Å². The van der Waals surface area contributed by atoms with Gasteiger partial charge in [0.05, 0.1) is 5.75 Å². The van der Waals surface area contributed by atoms with Crippen molar-refractivity contribution in [2.75, 3.05) is 5.75 Å². The highest BCUT2D eigenvalue weighted by Gasteiger charge is 2.14. The van der Waals surface area contributed by atoms with E-state index >= 15 is 0 Å². The van der Waals surface area contributed by atoms with Gasteiger partial charge in [-0.15, -0.1) is 0 Å². The molecule has 1 aliphatic rings. The van der Waals surface area contributed by atoms with Gasteiger partial charge in [-0.3, -0.25) is 0 Å². The molecule has 2 rings (SSSR count). The number of sulfonamides is 1. The Labute approximate surface area is 109 Å². The van der Waals surface area contributed by atoms with Gasteiger partial charge in [0.15, 0.2) is 0 Å². The highest BCUT2D eigenvalue weighted by Crippen LogP contribution is 2.17. The molecule has 1 aromatic carbocycles. The molecule has 1 aromatic rings. The van der Waals surface area contributed by atoms with Crippen LogP contribution in [0.4, 0.5) is 0 Å². The van der Waals surface area contributed by atoms with E-state index in [1.54, 1.807) is 0 Å². The van der Waals surface area contributed by atoms with Gasteiger partial charge in [-0.05, 0) is 22.6 Å². The molecule has 0 atom stereocenters. The van der Waals surface area contributed by atoms with E-state index in [2.05, 4.69) is 22.2 Å². The second-order valence-corrected chi connectivity index (χ2v) is 7.05. The average molecular weight is 268 g/mol. The number of fused-ring (bicyclic) bond motifs is 1. The van der Waals surface area contributed by atoms with E-state index in [-0.39, 0.29) is 11.7 Å². The molecule has 0 radical (unpaired) electrons. The van der Waals surface area contributed by atoms with Gasteiger partial charge in [-0.1, -0.05) is 32.0 Å². The SMILES string of the molecule is CC(C)CS(=O)(=O)NCc1ccc2c(c1)CNC2. The molecule has 0 aliphatic carbocycles. The van der Waals surface area contributed by atoms with E-state index in [4.69, 9.17) is 0 Å². The number of benzene rings is 1. The Bertz CT molecular complexity index is 524. The van der Waals surface area contributed by atoms with Crippen LogP contribution in [0, 0.1) is 5.92 Å². The van der Waals surface area contributed by atoms with Crippen LogP contribution in [0.15, 0.2) is 18.2 Å². The van der Waals surface area contributed by atoms with Gasteiger partial charge in [-0.25, -0.2) is 13.1 Å². The summed E-state index contributed by atoms with van der Waals surface area (Å²) in [6.07, 6.45) is 0. The minimum Gasteiger partial charge on any atom is -0.309 e. The molecule has 100 valence electrons. The smallest absolute Gasteiger partial charge is 0.212 e. The van der Waals surface area contributed by atoms with Crippen LogP contribution in [0.25, 0.3) is 0 Å². The fourth-order valence-corrected chi connectivity index (χ4v) is 3.53. The second kappa shape index (κ2) is 5.38. The Morgan fingerprint density at radius 3 is 2.72 bits per heavy atom. The lowest BCUT2D eigenvalue weighted by Crippen LogP contribution is -2.28. The molecule has 0 amide bonds. The van der Waals surface area contributed by atoms with Crippen LogP contribution in [-0.4, -0.2) is 14.2 Å². The molecule has 18 heavy (non-hydrogen) atoms. The third-order valence-electron chi connectivity index (χ3n) is 2.95. The molecule has 0 saturated carbocycles. The standard InChI is InChI=1S/C13H20N2O2S/c1-10(2)9-18(16,17)15-6-11-3-4-12-7-14-8-13(12)5-11/h3-5,10,14-15H,6-9H2,1-2H3. The van der Waals surface area contributed by atoms with Crippen LogP contribution in [0.2, 0.25) is 0 Å². The zero-order valence-electron chi connectivity index (χ0n) is 10.9. The van der Waals surface area contributed by atoms with E-state index in [1.165, 1.54) is 11.1 Å². The summed E-state index contributed by atoms with van der Waals surface area (Å²) in [4.78, 5) is 0. The van der Waals surface area contributed by atoms with E-state index in [0.29, 0.717) is 6.54 Å². The van der Waals surface area contributed by atoms with Crippen LogP contribution in [0.1, 0.15) is 30.5 Å². The summed E-state index contributed by atoms with van der Waals surface area (Å²) in [5, 5.41) is 3.27. The lowest BCUT2D eigenvalue weighted by molar-refractivity contribution is 0.568. The van der Waals surface area contributed by atoms with Gasteiger partial charge >= 0.3 is 0 Å². The van der Waals surface area contributed by atoms with Crippen LogP contribution in [0.5, 0.6) is 0 Å². The molecule has 0 saturated heterocycles. The lowest BCUT2D eigenvalue weighted by Gasteiger charge is -2.09. The maximum Gasteiger partial charge on any atom is 0.212 e. The Morgan fingerprint density at radius 2 is 2.00 bits per heavy atom. The molecule has 5 heteroatoms. The van der Waals surface area contributed by atoms with Gasteiger partial charge in [0.2, 0.25) is 10.0 Å². The lowest BCUT2D eigenvalue weighted by atomic mass is 10.1. The summed E-state index contributed by atoms with van der Waals surface area (Å²) < 4.78 is 26.1. The van der Waals surface area contributed by atoms with Gasteiger partial charge < -0.3 is 5.32 Å². The molecule has 2 N–H and O–H groups in total. The van der Waals surface area contributed by atoms with Crippen molar-refractivity contribution in [2.45, 2.75) is 33.5 Å². The van der Waals surface area contributed by atoms with Crippen molar-refractivity contribution in [3.8, 4) is 0 Å². The third kappa shape index (κ3) is 3.54. The van der Waals surface area contributed by atoms with Crippen LogP contribution >= 0.6 is 0 Å². The summed E-state index contributed by atoms with van der Waals surface area (Å²) in [6, 6.07) is 6.14. The third-order valence-corrected chi connectivity index (χ3v) is 4.64. The highest BCUT2D eigenvalue weighted by atomic mass is 32.2. The predicted octanol–water partition coefficient (Wildman–Crippen LogP) is 1.37. The first-order valence-electron chi connectivity index (χ1n) is 6.25. The number of nitrogens with one attached hydrogen (secondary N) is 2. The van der Waals surface area contributed by atoms with Crippen LogP contribution < -0.4 is 10.0 Å². The molecule has 0 aromatic heterocycles. The molecule has 4 nitrogen and oxygen atoms in total. The summed E-state index contributed by atoms with van der Waals surface area (Å²) in [5.41, 5.74) is 3.60. The van der Waals surface area contributed by atoms with Crippen LogP contribution in [-0.2, 0) is 29.7 Å². The van der Waals surface area contributed by atoms with E-state index in [9.17, 15) is 8.42 Å². The summed E-state index contributed by atoms with van der Waals surface area (Å²) >= 11 is 0. The first-order chi connectivity index (χ1) is 8.46. The topological polar surface area (TPSA) is 58.2 Å². The zero-order valence-corrected chi connectivity index (χ0v) is 11.7. The molecule has 0 unspecified atom stereocenters. The Morgan fingerprint density at radius 1 is 1.28 bits per heavy atom. The molecule has 0 bridgehead atoms. The number of hydrogen-bond donors (Lipinski definition) is 2. The molecule has 0 fully saturated rings. The average Bonchev–Trinajstić information content (AvgIpc) is 2.71. The molecular formula is C13H20N2O2S. The number of hydrogen-bond acceptors (Lipinski definition) is 3. The van der Waals surface area contributed by atoms with Gasteiger partial charge in [-0.2, -0.15) is 0 Å². The maximum absolute atomic E-state index is 11.7. The monoisotopic (exact) mass is 268 g/mol. The molecule has 1 heterocycles. The van der Waals surface area contributed by atoms with Gasteiger partial charge in [0, 0.05) is 19.6 Å². The largest absolute Gasteiger partial charge is 0.309 e. The highest BCUT2D eigenvalue weighted by molar-refractivity contribution is 7.89. The minimum absolute atomic E-state index is 0.145. The minimum atomic E-state index is -3.16. The predicted molar refractivity (Wildman–Crippen MR) is 72.5 cm³/mol. The second-order valence-electron chi connectivity index (χ2n) is 5.20. The van der Waals surface area contributed by atoms with Gasteiger partial charge in [0.1, 0.15) is 0 Å². The van der Waals surface area contributed by atoms with Crippen molar-refractivity contribution >= 4 is 10.0 Å². The van der Waals surface area contributed by atoms with Crippen LogP contribution in [0.3, 0.4) is 0 Å². The van der Waals surface area contributed by atoms with Crippen molar-refractivity contribution in [2.24, 2.45) is 5.92 Å². The fraction of sp³-hybridized carbons (Fsp3) is 0.538. The van der Waals surface area contributed by atoms with Gasteiger partial charge in [0.25, 0.3) is 0 Å². The summed E-state index contributed by atoms with van der Waals surface area (Å²) in [7, 11) is -3.16. The maximum atomic E-state index is 11.7. The fourth-order valence-electron chi connectivity index (χ4n) is 2.15. The first kappa shape index (κ1) is 13.5. The normalized spacial score (nSPS) is 15.1.